The SMILES string of the molecule is CCN(CC(C)C)C(=O)N1CCC(C(=O)O)C1. The number of nitrogens with zero attached hydrogens (tertiary/aromatic N) is 2. The minimum Gasteiger partial charge on any atom is -0.481 e. The van der Waals surface area contributed by atoms with E-state index < -0.39 is 11.9 Å². The summed E-state index contributed by atoms with van der Waals surface area (Å²) < 4.78 is 0. The summed E-state index contributed by atoms with van der Waals surface area (Å²) >= 11 is 0. The predicted molar refractivity (Wildman–Crippen MR) is 64.8 cm³/mol. The first-order chi connectivity index (χ1) is 7.95. The van der Waals surface area contributed by atoms with Crippen LogP contribution in [0.4, 0.5) is 4.79 Å². The number of rotatable bonds is 4. The second-order valence-electron chi connectivity index (χ2n) is 4.98. The van der Waals surface area contributed by atoms with Crippen molar-refractivity contribution in [2.45, 2.75) is 27.2 Å². The van der Waals surface area contributed by atoms with E-state index in [4.69, 9.17) is 5.11 Å². The monoisotopic (exact) mass is 242 g/mol. The highest BCUT2D eigenvalue weighted by Gasteiger charge is 2.32. The predicted octanol–water partition coefficient (Wildman–Crippen LogP) is 1.49. The summed E-state index contributed by atoms with van der Waals surface area (Å²) in [6.07, 6.45) is 0.570. The van der Waals surface area contributed by atoms with Crippen molar-refractivity contribution in [3.05, 3.63) is 0 Å². The molecule has 0 bridgehead atoms. The van der Waals surface area contributed by atoms with Crippen LogP contribution >= 0.6 is 0 Å². The van der Waals surface area contributed by atoms with Crippen LogP contribution in [0.5, 0.6) is 0 Å². The normalized spacial score (nSPS) is 19.8. The van der Waals surface area contributed by atoms with Gasteiger partial charge in [0.25, 0.3) is 0 Å². The minimum atomic E-state index is -0.799. The van der Waals surface area contributed by atoms with E-state index in [0.717, 1.165) is 6.54 Å². The summed E-state index contributed by atoms with van der Waals surface area (Å²) in [5, 5.41) is 8.90. The zero-order valence-corrected chi connectivity index (χ0v) is 10.8. The topological polar surface area (TPSA) is 60.9 Å². The molecule has 1 fully saturated rings. The maximum absolute atomic E-state index is 12.1. The molecule has 1 saturated heterocycles. The quantitative estimate of drug-likeness (QED) is 0.812. The Morgan fingerprint density at radius 1 is 1.47 bits per heavy atom. The Morgan fingerprint density at radius 3 is 2.53 bits per heavy atom. The molecule has 1 atom stereocenters. The van der Waals surface area contributed by atoms with Crippen LogP contribution in [-0.2, 0) is 4.79 Å². The van der Waals surface area contributed by atoms with E-state index in [9.17, 15) is 9.59 Å². The van der Waals surface area contributed by atoms with Gasteiger partial charge in [-0.25, -0.2) is 4.79 Å². The van der Waals surface area contributed by atoms with Gasteiger partial charge in [0, 0.05) is 26.2 Å². The molecule has 0 spiro atoms. The molecular weight excluding hydrogens is 220 g/mol. The Labute approximate surface area is 102 Å². The molecule has 1 aliphatic rings. The van der Waals surface area contributed by atoms with Gasteiger partial charge >= 0.3 is 12.0 Å². The Hall–Kier alpha value is -1.26. The molecule has 0 aromatic carbocycles. The Kier molecular flexibility index (Phi) is 4.78. The molecule has 17 heavy (non-hydrogen) atoms. The summed E-state index contributed by atoms with van der Waals surface area (Å²) in [5.41, 5.74) is 0. The van der Waals surface area contributed by atoms with Crippen LogP contribution in [0.2, 0.25) is 0 Å². The number of carboxylic acids is 1. The van der Waals surface area contributed by atoms with E-state index in [1.165, 1.54) is 0 Å². The third kappa shape index (κ3) is 3.61. The lowest BCUT2D eigenvalue weighted by molar-refractivity contribution is -0.141. The molecule has 2 amide bonds. The highest BCUT2D eigenvalue weighted by molar-refractivity contribution is 5.77. The fourth-order valence-corrected chi connectivity index (χ4v) is 2.12. The van der Waals surface area contributed by atoms with E-state index in [1.54, 1.807) is 9.80 Å². The standard InChI is InChI=1S/C12H22N2O3/c1-4-13(7-9(2)3)12(17)14-6-5-10(8-14)11(15)16/h9-10H,4-8H2,1-3H3,(H,15,16). The van der Waals surface area contributed by atoms with E-state index in [2.05, 4.69) is 13.8 Å². The van der Waals surface area contributed by atoms with Crippen molar-refractivity contribution in [1.82, 2.24) is 9.80 Å². The highest BCUT2D eigenvalue weighted by Crippen LogP contribution is 2.18. The molecule has 0 radical (unpaired) electrons. The maximum Gasteiger partial charge on any atom is 0.320 e. The fraction of sp³-hybridized carbons (Fsp3) is 0.833. The van der Waals surface area contributed by atoms with Crippen molar-refractivity contribution in [2.24, 2.45) is 11.8 Å². The number of carboxylic acid groups (broad SMARTS) is 1. The van der Waals surface area contributed by atoms with Crippen molar-refractivity contribution in [2.75, 3.05) is 26.2 Å². The Bertz CT molecular complexity index is 291. The molecule has 5 heteroatoms. The van der Waals surface area contributed by atoms with Crippen LogP contribution in [-0.4, -0.2) is 53.1 Å². The summed E-state index contributed by atoms with van der Waals surface area (Å²) in [6.45, 7) is 8.40. The molecular formula is C12H22N2O3. The number of aliphatic carboxylic acids is 1. The molecule has 1 rings (SSSR count). The number of likely N-dealkylation sites (tertiary alicyclic amines) is 1. The largest absolute Gasteiger partial charge is 0.481 e. The van der Waals surface area contributed by atoms with Gasteiger partial charge in [-0.3, -0.25) is 4.79 Å². The van der Waals surface area contributed by atoms with Gasteiger partial charge in [-0.15, -0.1) is 0 Å². The van der Waals surface area contributed by atoms with Crippen LogP contribution in [0, 0.1) is 11.8 Å². The number of carbonyl (C=O) groups is 2. The zero-order chi connectivity index (χ0) is 13.0. The first kappa shape index (κ1) is 13.8. The molecule has 0 saturated carbocycles. The van der Waals surface area contributed by atoms with E-state index in [1.807, 2.05) is 6.92 Å². The lowest BCUT2D eigenvalue weighted by atomic mass is 10.1. The smallest absolute Gasteiger partial charge is 0.320 e. The second-order valence-corrected chi connectivity index (χ2v) is 4.98. The van der Waals surface area contributed by atoms with Crippen molar-refractivity contribution < 1.29 is 14.7 Å². The molecule has 0 aromatic heterocycles. The average Bonchev–Trinajstić information content (AvgIpc) is 2.73. The maximum atomic E-state index is 12.1. The van der Waals surface area contributed by atoms with E-state index in [0.29, 0.717) is 32.0 Å². The van der Waals surface area contributed by atoms with Gasteiger partial charge in [0.1, 0.15) is 0 Å². The molecule has 1 heterocycles. The van der Waals surface area contributed by atoms with Crippen molar-refractivity contribution in [3.63, 3.8) is 0 Å². The Balaban J connectivity index is 2.55. The average molecular weight is 242 g/mol. The third-order valence-electron chi connectivity index (χ3n) is 3.05. The molecule has 98 valence electrons. The van der Waals surface area contributed by atoms with Gasteiger partial charge in [0.15, 0.2) is 0 Å². The lowest BCUT2D eigenvalue weighted by Crippen LogP contribution is -2.43. The van der Waals surface area contributed by atoms with Gasteiger partial charge in [-0.05, 0) is 19.3 Å². The third-order valence-corrected chi connectivity index (χ3v) is 3.05. The number of amides is 2. The van der Waals surface area contributed by atoms with Crippen molar-refractivity contribution in [3.8, 4) is 0 Å². The van der Waals surface area contributed by atoms with E-state index in [-0.39, 0.29) is 6.03 Å². The molecule has 5 nitrogen and oxygen atoms in total. The molecule has 0 aliphatic carbocycles. The molecule has 1 N–H and O–H groups in total. The number of hydrogen-bond donors (Lipinski definition) is 1. The van der Waals surface area contributed by atoms with Crippen LogP contribution in [0.15, 0.2) is 0 Å². The molecule has 1 aliphatic heterocycles. The Morgan fingerprint density at radius 2 is 2.12 bits per heavy atom. The number of hydrogen-bond acceptors (Lipinski definition) is 2. The first-order valence-electron chi connectivity index (χ1n) is 6.22. The van der Waals surface area contributed by atoms with Gasteiger partial charge < -0.3 is 14.9 Å². The highest BCUT2D eigenvalue weighted by atomic mass is 16.4. The first-order valence-corrected chi connectivity index (χ1v) is 6.22. The summed E-state index contributed by atoms with van der Waals surface area (Å²) in [6, 6.07) is -0.0232. The fourth-order valence-electron chi connectivity index (χ4n) is 2.12. The van der Waals surface area contributed by atoms with Crippen LogP contribution in [0.1, 0.15) is 27.2 Å². The van der Waals surface area contributed by atoms with Crippen molar-refractivity contribution in [1.29, 1.82) is 0 Å². The lowest BCUT2D eigenvalue weighted by Gasteiger charge is -2.28. The van der Waals surface area contributed by atoms with E-state index >= 15 is 0 Å². The number of urea groups is 1. The van der Waals surface area contributed by atoms with Gasteiger partial charge in [0.05, 0.1) is 5.92 Å². The van der Waals surface area contributed by atoms with Crippen LogP contribution in [0.25, 0.3) is 0 Å². The minimum absolute atomic E-state index is 0.0232. The zero-order valence-electron chi connectivity index (χ0n) is 10.8. The van der Waals surface area contributed by atoms with Gasteiger partial charge in [-0.1, -0.05) is 13.8 Å². The van der Waals surface area contributed by atoms with Crippen molar-refractivity contribution >= 4 is 12.0 Å². The second kappa shape index (κ2) is 5.89. The van der Waals surface area contributed by atoms with Gasteiger partial charge in [-0.2, -0.15) is 0 Å². The van der Waals surface area contributed by atoms with Crippen LogP contribution in [0.3, 0.4) is 0 Å². The summed E-state index contributed by atoms with van der Waals surface area (Å²) in [4.78, 5) is 26.4. The molecule has 1 unspecified atom stereocenters. The summed E-state index contributed by atoms with van der Waals surface area (Å²) in [7, 11) is 0. The van der Waals surface area contributed by atoms with Crippen LogP contribution < -0.4 is 0 Å². The van der Waals surface area contributed by atoms with Gasteiger partial charge in [0.2, 0.25) is 0 Å². The number of carbonyl (C=O) groups excluding carboxylic acids is 1. The molecule has 0 aromatic rings. The summed E-state index contributed by atoms with van der Waals surface area (Å²) in [5.74, 6) is -0.763.